The van der Waals surface area contributed by atoms with Crippen LogP contribution in [0.15, 0.2) is 42.9 Å². The molecule has 0 aliphatic rings. The summed E-state index contributed by atoms with van der Waals surface area (Å²) < 4.78 is 65.8. The molecule has 0 saturated heterocycles. The highest BCUT2D eigenvalue weighted by Gasteiger charge is 2.31. The van der Waals surface area contributed by atoms with Gasteiger partial charge in [0.25, 0.3) is 0 Å². The zero-order chi connectivity index (χ0) is 16.8. The van der Waals surface area contributed by atoms with E-state index in [-0.39, 0.29) is 5.65 Å². The minimum Gasteiger partial charge on any atom is -0.282 e. The second kappa shape index (κ2) is 5.00. The van der Waals surface area contributed by atoms with Crippen molar-refractivity contribution in [2.45, 2.75) is 19.0 Å². The van der Waals surface area contributed by atoms with Crippen LogP contribution < -0.4 is 0 Å². The van der Waals surface area contributed by atoms with Gasteiger partial charge in [-0.25, -0.2) is 9.97 Å². The lowest BCUT2D eigenvalue weighted by Crippen LogP contribution is -2.12. The quantitative estimate of drug-likeness (QED) is 0.648. The van der Waals surface area contributed by atoms with E-state index < -0.39 is 23.5 Å². The molecule has 0 aliphatic heterocycles. The second-order valence-electron chi connectivity index (χ2n) is 5.12. The smallest absolute Gasteiger partial charge is 0.282 e. The number of alkyl halides is 5. The lowest BCUT2D eigenvalue weighted by molar-refractivity contribution is -0.137. The summed E-state index contributed by atoms with van der Waals surface area (Å²) >= 11 is 0. The highest BCUT2D eigenvalue weighted by atomic mass is 19.4. The van der Waals surface area contributed by atoms with Gasteiger partial charge in [-0.3, -0.25) is 4.40 Å². The number of rotatable bonds is 2. The first-order chi connectivity index (χ1) is 10.7. The van der Waals surface area contributed by atoms with Crippen LogP contribution in [-0.4, -0.2) is 14.4 Å². The fourth-order valence-electron chi connectivity index (χ4n) is 2.21. The minimum atomic E-state index is -4.43. The van der Waals surface area contributed by atoms with Gasteiger partial charge < -0.3 is 0 Å². The Labute approximate surface area is 127 Å². The van der Waals surface area contributed by atoms with Crippen LogP contribution >= 0.6 is 0 Å². The van der Waals surface area contributed by atoms with Crippen molar-refractivity contribution in [2.75, 3.05) is 0 Å². The maximum Gasteiger partial charge on any atom is 0.416 e. The van der Waals surface area contributed by atoms with Crippen molar-refractivity contribution in [3.63, 3.8) is 0 Å². The average molecular weight is 327 g/mol. The third-order valence-electron chi connectivity index (χ3n) is 3.32. The summed E-state index contributed by atoms with van der Waals surface area (Å²) in [5.41, 5.74) is 0.303. The Balaban J connectivity index is 2.07. The van der Waals surface area contributed by atoms with Gasteiger partial charge in [0, 0.05) is 24.9 Å². The van der Waals surface area contributed by atoms with Crippen LogP contribution in [0, 0.1) is 0 Å². The Morgan fingerprint density at radius 1 is 0.870 bits per heavy atom. The van der Waals surface area contributed by atoms with Crippen molar-refractivity contribution in [3.8, 4) is 11.1 Å². The van der Waals surface area contributed by atoms with Gasteiger partial charge in [0.2, 0.25) is 0 Å². The first kappa shape index (κ1) is 15.4. The number of aromatic nitrogens is 3. The van der Waals surface area contributed by atoms with Crippen LogP contribution in [0.5, 0.6) is 0 Å². The Morgan fingerprint density at radius 3 is 2.09 bits per heavy atom. The van der Waals surface area contributed by atoms with Gasteiger partial charge in [-0.05, 0) is 17.7 Å². The predicted octanol–water partition coefficient (Wildman–Crippen LogP) is 4.53. The molecule has 0 atom stereocenters. The van der Waals surface area contributed by atoms with E-state index in [4.69, 9.17) is 0 Å². The topological polar surface area (TPSA) is 30.2 Å². The van der Waals surface area contributed by atoms with E-state index in [9.17, 15) is 22.0 Å². The summed E-state index contributed by atoms with van der Waals surface area (Å²) in [5.74, 6) is -3.64. The van der Waals surface area contributed by atoms with Crippen molar-refractivity contribution in [3.05, 3.63) is 54.2 Å². The molecule has 8 heteroatoms. The van der Waals surface area contributed by atoms with E-state index in [1.165, 1.54) is 30.7 Å². The summed E-state index contributed by atoms with van der Waals surface area (Å²) in [5, 5.41) is 0. The highest BCUT2D eigenvalue weighted by molar-refractivity contribution is 5.63. The molecule has 3 nitrogen and oxygen atoms in total. The van der Waals surface area contributed by atoms with Crippen LogP contribution in [-0.2, 0) is 12.1 Å². The maximum atomic E-state index is 13.5. The van der Waals surface area contributed by atoms with Gasteiger partial charge in [0.05, 0.1) is 11.8 Å². The Hall–Kier alpha value is -2.51. The van der Waals surface area contributed by atoms with E-state index in [0.29, 0.717) is 18.1 Å². The zero-order valence-electron chi connectivity index (χ0n) is 11.8. The fourth-order valence-corrected chi connectivity index (χ4v) is 2.21. The van der Waals surface area contributed by atoms with Crippen molar-refractivity contribution in [1.82, 2.24) is 14.4 Å². The monoisotopic (exact) mass is 327 g/mol. The molecule has 0 aliphatic carbocycles. The molecule has 1 aromatic carbocycles. The molecule has 0 saturated carbocycles. The number of halogens is 5. The largest absolute Gasteiger partial charge is 0.416 e. The first-order valence-electron chi connectivity index (χ1n) is 6.55. The number of imidazole rings is 1. The standard InChI is InChI=1S/C15H10F5N3/c1-14(16,17)13-22-7-12-21-6-10(8-23(12)13)9-2-4-11(5-3-9)15(18,19)20/h2-8H,1H3. The van der Waals surface area contributed by atoms with E-state index in [2.05, 4.69) is 9.97 Å². The molecule has 2 aromatic heterocycles. The molecule has 0 amide bonds. The van der Waals surface area contributed by atoms with E-state index in [1.807, 2.05) is 0 Å². The number of benzene rings is 1. The molecular formula is C15H10F5N3. The van der Waals surface area contributed by atoms with Crippen LogP contribution in [0.1, 0.15) is 18.3 Å². The van der Waals surface area contributed by atoms with E-state index in [0.717, 1.165) is 16.5 Å². The van der Waals surface area contributed by atoms with Crippen molar-refractivity contribution in [2.24, 2.45) is 0 Å². The number of hydrogen-bond acceptors (Lipinski definition) is 2. The minimum absolute atomic E-state index is 0.234. The van der Waals surface area contributed by atoms with Crippen LogP contribution in [0.4, 0.5) is 22.0 Å². The molecular weight excluding hydrogens is 317 g/mol. The van der Waals surface area contributed by atoms with E-state index in [1.54, 1.807) is 0 Å². The third-order valence-corrected chi connectivity index (χ3v) is 3.32. The summed E-state index contributed by atoms with van der Waals surface area (Å²) in [4.78, 5) is 7.66. The third kappa shape index (κ3) is 2.88. The van der Waals surface area contributed by atoms with Crippen molar-refractivity contribution < 1.29 is 22.0 Å². The van der Waals surface area contributed by atoms with Crippen molar-refractivity contribution >= 4 is 5.65 Å². The Kier molecular flexibility index (Phi) is 3.35. The first-order valence-corrected chi connectivity index (χ1v) is 6.55. The molecule has 0 radical (unpaired) electrons. The molecule has 3 rings (SSSR count). The second-order valence-corrected chi connectivity index (χ2v) is 5.12. The van der Waals surface area contributed by atoms with Gasteiger partial charge in [-0.2, -0.15) is 22.0 Å². The van der Waals surface area contributed by atoms with Gasteiger partial charge in [-0.1, -0.05) is 12.1 Å². The molecule has 120 valence electrons. The van der Waals surface area contributed by atoms with Crippen LogP contribution in [0.2, 0.25) is 0 Å². The number of fused-ring (bicyclic) bond motifs is 1. The molecule has 3 aromatic rings. The number of hydrogen-bond donors (Lipinski definition) is 0. The summed E-state index contributed by atoms with van der Waals surface area (Å²) in [6.45, 7) is 0.715. The predicted molar refractivity (Wildman–Crippen MR) is 73.0 cm³/mol. The summed E-state index contributed by atoms with van der Waals surface area (Å²) in [6.07, 6.45) is -0.437. The summed E-state index contributed by atoms with van der Waals surface area (Å²) in [7, 11) is 0. The SMILES string of the molecule is CC(F)(F)c1ncc2ncc(-c3ccc(C(F)(F)F)cc3)cn12. The summed E-state index contributed by atoms with van der Waals surface area (Å²) in [6, 6.07) is 4.41. The normalized spacial score (nSPS) is 12.8. The average Bonchev–Trinajstić information content (AvgIpc) is 2.89. The van der Waals surface area contributed by atoms with Gasteiger partial charge >= 0.3 is 12.1 Å². The highest BCUT2D eigenvalue weighted by Crippen LogP contribution is 2.31. The lowest BCUT2D eigenvalue weighted by atomic mass is 10.1. The van der Waals surface area contributed by atoms with E-state index >= 15 is 0 Å². The molecule has 2 heterocycles. The van der Waals surface area contributed by atoms with Gasteiger partial charge in [-0.15, -0.1) is 0 Å². The number of nitrogens with zero attached hydrogens (tertiary/aromatic N) is 3. The Bertz CT molecular complexity index is 844. The lowest BCUT2D eigenvalue weighted by Gasteiger charge is -2.10. The van der Waals surface area contributed by atoms with Crippen LogP contribution in [0.25, 0.3) is 16.8 Å². The van der Waals surface area contributed by atoms with Gasteiger partial charge in [0.15, 0.2) is 11.5 Å². The molecule has 0 spiro atoms. The zero-order valence-corrected chi connectivity index (χ0v) is 11.8. The molecule has 0 N–H and O–H groups in total. The fraction of sp³-hybridized carbons (Fsp3) is 0.200. The Morgan fingerprint density at radius 2 is 1.52 bits per heavy atom. The maximum absolute atomic E-state index is 13.5. The molecule has 0 bridgehead atoms. The van der Waals surface area contributed by atoms with Crippen LogP contribution in [0.3, 0.4) is 0 Å². The van der Waals surface area contributed by atoms with Crippen molar-refractivity contribution in [1.29, 1.82) is 0 Å². The molecule has 0 fully saturated rings. The molecule has 23 heavy (non-hydrogen) atoms. The van der Waals surface area contributed by atoms with Gasteiger partial charge in [0.1, 0.15) is 0 Å². The molecule has 0 unspecified atom stereocenters.